The Balaban J connectivity index is 1.05. The Bertz CT molecular complexity index is 3240. The van der Waals surface area contributed by atoms with Crippen molar-refractivity contribution in [3.63, 3.8) is 0 Å². The minimum absolute atomic E-state index is 0.438. The number of hydrogen-bond acceptors (Lipinski definition) is 2. The molecule has 278 valence electrons. The van der Waals surface area contributed by atoms with E-state index in [2.05, 4.69) is 225 Å². The third kappa shape index (κ3) is 5.10. The van der Waals surface area contributed by atoms with Crippen molar-refractivity contribution in [2.45, 2.75) is 5.41 Å². The summed E-state index contributed by atoms with van der Waals surface area (Å²) in [6.45, 7) is 0. The molecule has 0 aliphatic heterocycles. The second-order valence-corrected chi connectivity index (χ2v) is 17.2. The van der Waals surface area contributed by atoms with Crippen LogP contribution in [-0.4, -0.2) is 0 Å². The van der Waals surface area contributed by atoms with Crippen molar-refractivity contribution in [1.82, 2.24) is 0 Å². The second-order valence-electron chi connectivity index (χ2n) is 15.5. The summed E-state index contributed by atoms with van der Waals surface area (Å²) in [5.41, 5.74) is 19.6. The molecule has 0 N–H and O–H groups in total. The van der Waals surface area contributed by atoms with E-state index in [1.54, 1.807) is 0 Å². The van der Waals surface area contributed by atoms with Gasteiger partial charge in [-0.05, 0) is 122 Å². The topological polar surface area (TPSA) is 16.4 Å². The van der Waals surface area contributed by atoms with Gasteiger partial charge in [-0.2, -0.15) is 0 Å². The highest BCUT2D eigenvalue weighted by molar-refractivity contribution is 9.11. The van der Waals surface area contributed by atoms with Crippen LogP contribution in [0.15, 0.2) is 214 Å². The van der Waals surface area contributed by atoms with Gasteiger partial charge in [-0.3, -0.25) is 0 Å². The molecule has 0 radical (unpaired) electrons. The lowest BCUT2D eigenvalue weighted by Gasteiger charge is -2.32. The van der Waals surface area contributed by atoms with Crippen LogP contribution >= 0.6 is 31.9 Å². The maximum Gasteiger partial charge on any atom is 0.143 e. The molecule has 0 unspecified atom stereocenters. The van der Waals surface area contributed by atoms with Crippen molar-refractivity contribution in [3.05, 3.63) is 231 Å². The standard InChI is InChI=1S/C55H33Br2NO/c56-36-24-31-52(57)47(32-36)35-22-27-38(28-23-35)58(37-25-20-34(21-26-37)40-14-9-15-46-45-13-4-8-19-53(45)59-54(40)46)39-29-30-44-43-12-3-7-18-50(43)55(51(44)33-39)48-16-5-1-10-41(48)42-11-2-6-17-49(42)55/h1-33H. The van der Waals surface area contributed by atoms with Crippen molar-refractivity contribution in [1.29, 1.82) is 0 Å². The molecule has 12 rings (SSSR count). The van der Waals surface area contributed by atoms with Crippen molar-refractivity contribution in [2.75, 3.05) is 4.90 Å². The Hall–Kier alpha value is -6.46. The SMILES string of the molecule is Brc1ccc(Br)c(-c2ccc(N(c3ccc(-c4cccc5c4oc4ccccc45)cc3)c3ccc4c(c3)C3(c5ccccc5-c5ccccc53)c3ccccc3-4)cc2)c1. The average molecular weight is 884 g/mol. The molecule has 9 aromatic carbocycles. The summed E-state index contributed by atoms with van der Waals surface area (Å²) in [6, 6.07) is 73.0. The molecule has 0 saturated heterocycles. The van der Waals surface area contributed by atoms with Gasteiger partial charge in [0, 0.05) is 42.3 Å². The maximum absolute atomic E-state index is 6.47. The predicted octanol–water partition coefficient (Wildman–Crippen LogP) is 16.3. The molecule has 1 aromatic heterocycles. The van der Waals surface area contributed by atoms with Gasteiger partial charge in [-0.25, -0.2) is 0 Å². The number of furan rings is 1. The number of anilines is 3. The smallest absolute Gasteiger partial charge is 0.143 e. The van der Waals surface area contributed by atoms with Crippen LogP contribution in [0.1, 0.15) is 22.3 Å². The van der Waals surface area contributed by atoms with Crippen LogP contribution in [0.25, 0.3) is 66.4 Å². The van der Waals surface area contributed by atoms with Gasteiger partial charge in [0.2, 0.25) is 0 Å². The third-order valence-corrected chi connectivity index (χ3v) is 13.6. The van der Waals surface area contributed by atoms with Crippen LogP contribution in [-0.2, 0) is 5.41 Å². The predicted molar refractivity (Wildman–Crippen MR) is 251 cm³/mol. The lowest BCUT2D eigenvalue weighted by atomic mass is 9.70. The largest absolute Gasteiger partial charge is 0.455 e. The van der Waals surface area contributed by atoms with Gasteiger partial charge < -0.3 is 9.32 Å². The summed E-state index contributed by atoms with van der Waals surface area (Å²) < 4.78 is 8.57. The number of rotatable bonds is 5. The van der Waals surface area contributed by atoms with Gasteiger partial charge in [0.1, 0.15) is 11.2 Å². The number of para-hydroxylation sites is 2. The fourth-order valence-corrected chi connectivity index (χ4v) is 10.8. The van der Waals surface area contributed by atoms with Crippen LogP contribution in [0.3, 0.4) is 0 Å². The van der Waals surface area contributed by atoms with Gasteiger partial charge in [-0.15, -0.1) is 0 Å². The molecule has 10 aromatic rings. The molecule has 1 heterocycles. The zero-order chi connectivity index (χ0) is 39.2. The molecule has 2 aliphatic rings. The van der Waals surface area contributed by atoms with E-state index in [1.807, 2.05) is 12.1 Å². The highest BCUT2D eigenvalue weighted by Crippen LogP contribution is 2.63. The Morgan fingerprint density at radius 3 is 1.53 bits per heavy atom. The van der Waals surface area contributed by atoms with Gasteiger partial charge in [0.15, 0.2) is 0 Å². The first-order chi connectivity index (χ1) is 29.1. The first-order valence-electron chi connectivity index (χ1n) is 19.9. The van der Waals surface area contributed by atoms with E-state index in [4.69, 9.17) is 4.42 Å². The zero-order valence-electron chi connectivity index (χ0n) is 31.7. The number of fused-ring (bicyclic) bond motifs is 13. The zero-order valence-corrected chi connectivity index (χ0v) is 34.8. The molecule has 59 heavy (non-hydrogen) atoms. The number of benzene rings is 9. The number of nitrogens with zero attached hydrogens (tertiary/aromatic N) is 1. The monoisotopic (exact) mass is 881 g/mol. The quantitative estimate of drug-likeness (QED) is 0.171. The fourth-order valence-electron chi connectivity index (χ4n) is 9.94. The summed E-state index contributed by atoms with van der Waals surface area (Å²) in [7, 11) is 0. The lowest BCUT2D eigenvalue weighted by Crippen LogP contribution is -2.26. The molecule has 0 bridgehead atoms. The molecule has 2 aliphatic carbocycles. The fraction of sp³-hybridized carbons (Fsp3) is 0.0182. The van der Waals surface area contributed by atoms with Crippen LogP contribution in [0, 0.1) is 0 Å². The van der Waals surface area contributed by atoms with Crippen molar-refractivity contribution >= 4 is 70.9 Å². The second kappa shape index (κ2) is 13.3. The van der Waals surface area contributed by atoms with Gasteiger partial charge in [-0.1, -0.05) is 171 Å². The molecular formula is C55H33Br2NO. The van der Waals surface area contributed by atoms with E-state index in [1.165, 1.54) is 44.5 Å². The summed E-state index contributed by atoms with van der Waals surface area (Å²) in [5, 5.41) is 2.26. The van der Waals surface area contributed by atoms with Crippen LogP contribution < -0.4 is 4.90 Å². The molecule has 2 nitrogen and oxygen atoms in total. The van der Waals surface area contributed by atoms with E-state index in [9.17, 15) is 0 Å². The highest BCUT2D eigenvalue weighted by atomic mass is 79.9. The Morgan fingerprint density at radius 2 is 0.881 bits per heavy atom. The van der Waals surface area contributed by atoms with E-state index >= 15 is 0 Å². The van der Waals surface area contributed by atoms with Crippen LogP contribution in [0.4, 0.5) is 17.1 Å². The van der Waals surface area contributed by atoms with E-state index in [0.29, 0.717) is 0 Å². The molecule has 1 spiro atoms. The maximum atomic E-state index is 6.47. The first kappa shape index (κ1) is 34.6. The lowest BCUT2D eigenvalue weighted by molar-refractivity contribution is 0.670. The summed E-state index contributed by atoms with van der Waals surface area (Å²) in [6.07, 6.45) is 0. The molecule has 0 atom stereocenters. The van der Waals surface area contributed by atoms with Crippen molar-refractivity contribution in [3.8, 4) is 44.5 Å². The Labute approximate surface area is 359 Å². The molecule has 0 saturated carbocycles. The van der Waals surface area contributed by atoms with E-state index in [-0.39, 0.29) is 0 Å². The van der Waals surface area contributed by atoms with E-state index in [0.717, 1.165) is 70.2 Å². The van der Waals surface area contributed by atoms with Crippen molar-refractivity contribution in [2.24, 2.45) is 0 Å². The Morgan fingerprint density at radius 1 is 0.373 bits per heavy atom. The summed E-state index contributed by atoms with van der Waals surface area (Å²) >= 11 is 7.48. The van der Waals surface area contributed by atoms with Gasteiger partial charge in [0.05, 0.1) is 5.41 Å². The Kier molecular flexibility index (Phi) is 7.78. The van der Waals surface area contributed by atoms with Gasteiger partial charge in [0.25, 0.3) is 0 Å². The minimum Gasteiger partial charge on any atom is -0.455 e. The molecule has 0 amide bonds. The van der Waals surface area contributed by atoms with Crippen molar-refractivity contribution < 1.29 is 4.42 Å². The molecule has 0 fully saturated rings. The first-order valence-corrected chi connectivity index (χ1v) is 21.5. The van der Waals surface area contributed by atoms with E-state index < -0.39 is 5.41 Å². The van der Waals surface area contributed by atoms with Crippen LogP contribution in [0.5, 0.6) is 0 Å². The van der Waals surface area contributed by atoms with Gasteiger partial charge >= 0.3 is 0 Å². The summed E-state index contributed by atoms with van der Waals surface area (Å²) in [5.74, 6) is 0. The summed E-state index contributed by atoms with van der Waals surface area (Å²) in [4.78, 5) is 2.40. The van der Waals surface area contributed by atoms with Crippen LogP contribution in [0.2, 0.25) is 0 Å². The number of hydrogen-bond donors (Lipinski definition) is 0. The normalized spacial score (nSPS) is 13.1. The average Bonchev–Trinajstić information content (AvgIpc) is 3.92. The third-order valence-electron chi connectivity index (χ3n) is 12.4. The molecule has 4 heteroatoms. The molecular weight excluding hydrogens is 850 g/mol. The highest BCUT2D eigenvalue weighted by Gasteiger charge is 2.51. The number of halogens is 2. The minimum atomic E-state index is -0.438.